The Balaban J connectivity index is 2.14. The number of rotatable bonds is 4. The zero-order valence-corrected chi connectivity index (χ0v) is 13.1. The summed E-state index contributed by atoms with van der Waals surface area (Å²) in [5.41, 5.74) is 1.86. The van der Waals surface area contributed by atoms with E-state index >= 15 is 0 Å². The molecule has 1 N–H and O–H groups in total. The van der Waals surface area contributed by atoms with E-state index in [4.69, 9.17) is 5.11 Å². The van der Waals surface area contributed by atoms with Gasteiger partial charge in [-0.1, -0.05) is 6.07 Å². The summed E-state index contributed by atoms with van der Waals surface area (Å²) in [6.07, 6.45) is 4.98. The maximum Gasteiger partial charge on any atom is 0.254 e. The summed E-state index contributed by atoms with van der Waals surface area (Å²) in [5, 5.41) is 9.07. The number of aliphatic hydroxyl groups excluding tert-OH is 1. The van der Waals surface area contributed by atoms with Crippen LogP contribution in [0.5, 0.6) is 0 Å². The van der Waals surface area contributed by atoms with Gasteiger partial charge in [-0.05, 0) is 56.1 Å². The van der Waals surface area contributed by atoms with Gasteiger partial charge in [0, 0.05) is 30.2 Å². The minimum absolute atomic E-state index is 0.140. The number of likely N-dealkylation sites (tertiary alicyclic amines) is 1. The fraction of sp³-hybridized carbons (Fsp3) is 0.562. The molecule has 110 valence electrons. The molecule has 1 aliphatic heterocycles. The van der Waals surface area contributed by atoms with E-state index < -0.39 is 0 Å². The van der Waals surface area contributed by atoms with Gasteiger partial charge >= 0.3 is 0 Å². The topological polar surface area (TPSA) is 40.5 Å². The molecule has 20 heavy (non-hydrogen) atoms. The lowest BCUT2D eigenvalue weighted by Crippen LogP contribution is -2.40. The zero-order valence-electron chi connectivity index (χ0n) is 12.3. The van der Waals surface area contributed by atoms with Crippen LogP contribution in [0.3, 0.4) is 0 Å². The van der Waals surface area contributed by atoms with E-state index in [0.717, 1.165) is 48.4 Å². The minimum Gasteiger partial charge on any atom is -0.396 e. The van der Waals surface area contributed by atoms with Gasteiger partial charge in [-0.3, -0.25) is 4.79 Å². The van der Waals surface area contributed by atoms with Crippen LogP contribution in [0.15, 0.2) is 23.1 Å². The highest BCUT2D eigenvalue weighted by molar-refractivity contribution is 7.98. The van der Waals surface area contributed by atoms with Crippen LogP contribution in [-0.4, -0.2) is 41.9 Å². The van der Waals surface area contributed by atoms with Crippen molar-refractivity contribution in [3.8, 4) is 0 Å². The van der Waals surface area contributed by atoms with Gasteiger partial charge in [0.15, 0.2) is 0 Å². The number of carbonyl (C=O) groups excluding carboxylic acids is 1. The van der Waals surface area contributed by atoms with Gasteiger partial charge in [0.25, 0.3) is 5.91 Å². The summed E-state index contributed by atoms with van der Waals surface area (Å²) in [7, 11) is 0. The fourth-order valence-electron chi connectivity index (χ4n) is 2.80. The highest BCUT2D eigenvalue weighted by Gasteiger charge is 2.25. The number of nitrogens with zero attached hydrogens (tertiary/aromatic N) is 1. The smallest absolute Gasteiger partial charge is 0.254 e. The standard InChI is InChI=1S/C16H23NO2S/c1-12-5-6-14(20-2)10-15(12)16(19)17-8-3-4-13(11-17)7-9-18/h5-6,10,13,18H,3-4,7-9,11H2,1-2H3. The average molecular weight is 293 g/mol. The van der Waals surface area contributed by atoms with E-state index in [9.17, 15) is 4.79 Å². The van der Waals surface area contributed by atoms with E-state index in [2.05, 4.69) is 6.07 Å². The second-order valence-electron chi connectivity index (χ2n) is 5.45. The lowest BCUT2D eigenvalue weighted by molar-refractivity contribution is 0.0652. The molecule has 0 saturated carbocycles. The highest BCUT2D eigenvalue weighted by Crippen LogP contribution is 2.24. The third kappa shape index (κ3) is 3.55. The molecule has 1 aromatic rings. The predicted molar refractivity (Wildman–Crippen MR) is 83.3 cm³/mol. The van der Waals surface area contributed by atoms with Crippen LogP contribution >= 0.6 is 11.8 Å². The third-order valence-corrected chi connectivity index (χ3v) is 4.74. The van der Waals surface area contributed by atoms with Crippen molar-refractivity contribution in [3.63, 3.8) is 0 Å². The van der Waals surface area contributed by atoms with E-state index in [-0.39, 0.29) is 12.5 Å². The van der Waals surface area contributed by atoms with Gasteiger partial charge in [0.05, 0.1) is 0 Å². The number of aliphatic hydroxyl groups is 1. The molecule has 1 heterocycles. The van der Waals surface area contributed by atoms with Gasteiger partial charge in [0.1, 0.15) is 0 Å². The molecule has 1 saturated heterocycles. The molecule has 3 nitrogen and oxygen atoms in total. The Bertz CT molecular complexity index is 474. The van der Waals surface area contributed by atoms with Crippen LogP contribution < -0.4 is 0 Å². The Morgan fingerprint density at radius 1 is 1.50 bits per heavy atom. The molecule has 1 fully saturated rings. The van der Waals surface area contributed by atoms with Crippen molar-refractivity contribution in [2.75, 3.05) is 26.0 Å². The Hall–Kier alpha value is -1.00. The summed E-state index contributed by atoms with van der Waals surface area (Å²) in [6.45, 7) is 3.83. The lowest BCUT2D eigenvalue weighted by Gasteiger charge is -2.33. The zero-order chi connectivity index (χ0) is 14.5. The second-order valence-corrected chi connectivity index (χ2v) is 6.33. The van der Waals surface area contributed by atoms with Gasteiger partial charge in [-0.15, -0.1) is 11.8 Å². The molecule has 0 bridgehead atoms. The molecular formula is C16H23NO2S. The third-order valence-electron chi connectivity index (χ3n) is 4.02. The Labute approximate surface area is 125 Å². The van der Waals surface area contributed by atoms with E-state index in [1.807, 2.05) is 30.2 Å². The molecule has 1 aliphatic rings. The second kappa shape index (κ2) is 7.14. The first-order valence-corrected chi connectivity index (χ1v) is 8.43. The molecule has 0 spiro atoms. The number of hydrogen-bond acceptors (Lipinski definition) is 3. The molecule has 1 unspecified atom stereocenters. The molecule has 1 atom stereocenters. The Kier molecular flexibility index (Phi) is 5.49. The van der Waals surface area contributed by atoms with Crippen LogP contribution in [0.2, 0.25) is 0 Å². The maximum absolute atomic E-state index is 12.7. The van der Waals surface area contributed by atoms with E-state index in [1.54, 1.807) is 11.8 Å². The average Bonchev–Trinajstić information content (AvgIpc) is 2.48. The van der Waals surface area contributed by atoms with Gasteiger partial charge < -0.3 is 10.0 Å². The molecule has 0 aromatic heterocycles. The first kappa shape index (κ1) is 15.4. The molecule has 0 aliphatic carbocycles. The monoisotopic (exact) mass is 293 g/mol. The summed E-state index contributed by atoms with van der Waals surface area (Å²) in [5.74, 6) is 0.586. The van der Waals surface area contributed by atoms with Gasteiger partial charge in [0.2, 0.25) is 0 Å². The van der Waals surface area contributed by atoms with Crippen molar-refractivity contribution in [2.24, 2.45) is 5.92 Å². The maximum atomic E-state index is 12.7. The molecule has 0 radical (unpaired) electrons. The fourth-order valence-corrected chi connectivity index (χ4v) is 3.24. The van der Waals surface area contributed by atoms with Crippen molar-refractivity contribution in [1.82, 2.24) is 4.90 Å². The van der Waals surface area contributed by atoms with Crippen LogP contribution in [-0.2, 0) is 0 Å². The van der Waals surface area contributed by atoms with Crippen LogP contribution in [0.1, 0.15) is 35.2 Å². The minimum atomic E-state index is 0.140. The number of amides is 1. The Morgan fingerprint density at radius 2 is 2.30 bits per heavy atom. The summed E-state index contributed by atoms with van der Waals surface area (Å²) in [4.78, 5) is 15.8. The van der Waals surface area contributed by atoms with Crippen LogP contribution in [0.25, 0.3) is 0 Å². The van der Waals surface area contributed by atoms with Crippen molar-refractivity contribution in [3.05, 3.63) is 29.3 Å². The quantitative estimate of drug-likeness (QED) is 0.868. The van der Waals surface area contributed by atoms with Crippen molar-refractivity contribution in [2.45, 2.75) is 31.1 Å². The summed E-state index contributed by atoms with van der Waals surface area (Å²) < 4.78 is 0. The summed E-state index contributed by atoms with van der Waals surface area (Å²) >= 11 is 1.66. The summed E-state index contributed by atoms with van der Waals surface area (Å²) in [6, 6.07) is 6.08. The SMILES string of the molecule is CSc1ccc(C)c(C(=O)N2CCCC(CCO)C2)c1. The molecule has 2 rings (SSSR count). The van der Waals surface area contributed by atoms with Crippen LogP contribution in [0.4, 0.5) is 0 Å². The normalized spacial score (nSPS) is 19.1. The van der Waals surface area contributed by atoms with Crippen molar-refractivity contribution in [1.29, 1.82) is 0 Å². The number of aryl methyl sites for hydroxylation is 1. The van der Waals surface area contributed by atoms with Gasteiger partial charge in [-0.25, -0.2) is 0 Å². The number of benzene rings is 1. The van der Waals surface area contributed by atoms with Gasteiger partial charge in [-0.2, -0.15) is 0 Å². The highest BCUT2D eigenvalue weighted by atomic mass is 32.2. The molecule has 1 aromatic carbocycles. The number of carbonyl (C=O) groups is 1. The van der Waals surface area contributed by atoms with E-state index in [0.29, 0.717) is 5.92 Å². The largest absolute Gasteiger partial charge is 0.396 e. The number of piperidine rings is 1. The first-order chi connectivity index (χ1) is 9.65. The predicted octanol–water partition coefficient (Wildman–Crippen LogP) is 2.95. The molecule has 1 amide bonds. The van der Waals surface area contributed by atoms with Crippen molar-refractivity contribution >= 4 is 17.7 Å². The Morgan fingerprint density at radius 3 is 3.00 bits per heavy atom. The van der Waals surface area contributed by atoms with Crippen LogP contribution in [0, 0.1) is 12.8 Å². The lowest BCUT2D eigenvalue weighted by atomic mass is 9.94. The molecular weight excluding hydrogens is 270 g/mol. The molecule has 4 heteroatoms. The van der Waals surface area contributed by atoms with Crippen molar-refractivity contribution < 1.29 is 9.90 Å². The number of hydrogen-bond donors (Lipinski definition) is 1. The first-order valence-electron chi connectivity index (χ1n) is 7.20. The number of thioether (sulfide) groups is 1. The van der Waals surface area contributed by atoms with E-state index in [1.165, 1.54) is 0 Å².